The maximum absolute atomic E-state index is 13.9. The van der Waals surface area contributed by atoms with Crippen molar-refractivity contribution in [1.29, 1.82) is 0 Å². The van der Waals surface area contributed by atoms with E-state index in [2.05, 4.69) is 18.8 Å². The number of aromatic carboxylic acids is 1. The molecule has 1 aromatic heterocycles. The molecule has 6 heteroatoms. The van der Waals surface area contributed by atoms with Crippen LogP contribution >= 0.6 is 0 Å². The zero-order valence-corrected chi connectivity index (χ0v) is 13.5. The Morgan fingerprint density at radius 3 is 2.57 bits per heavy atom. The van der Waals surface area contributed by atoms with E-state index in [0.717, 1.165) is 6.26 Å². The normalized spacial score (nSPS) is 12.8. The van der Waals surface area contributed by atoms with Crippen molar-refractivity contribution in [2.24, 2.45) is 5.92 Å². The first-order valence-electron chi connectivity index (χ1n) is 7.53. The van der Waals surface area contributed by atoms with Gasteiger partial charge in [-0.15, -0.1) is 0 Å². The van der Waals surface area contributed by atoms with E-state index >= 15 is 0 Å². The van der Waals surface area contributed by atoms with Crippen molar-refractivity contribution >= 4 is 5.97 Å². The Balaban J connectivity index is 2.20. The molecule has 1 N–H and O–H groups in total. The van der Waals surface area contributed by atoms with E-state index in [1.165, 1.54) is 6.07 Å². The molecule has 0 saturated carbocycles. The molecule has 0 aliphatic heterocycles. The number of carbonyl (C=O) groups is 1. The zero-order valence-electron chi connectivity index (χ0n) is 13.5. The van der Waals surface area contributed by atoms with Gasteiger partial charge in [-0.2, -0.15) is 0 Å². The fraction of sp³-hybridized carbons (Fsp3) is 0.412. The van der Waals surface area contributed by atoms with Gasteiger partial charge in [0.15, 0.2) is 5.69 Å². The Kier molecular flexibility index (Phi) is 5.50. The predicted octanol–water partition coefficient (Wildman–Crippen LogP) is 3.56. The van der Waals surface area contributed by atoms with Gasteiger partial charge in [-0.3, -0.25) is 4.90 Å². The zero-order chi connectivity index (χ0) is 17.0. The van der Waals surface area contributed by atoms with Crippen molar-refractivity contribution in [3.05, 3.63) is 53.5 Å². The topological polar surface area (TPSA) is 66.6 Å². The van der Waals surface area contributed by atoms with Crippen molar-refractivity contribution in [1.82, 2.24) is 9.88 Å². The lowest BCUT2D eigenvalue weighted by atomic mass is 10.0. The molecule has 1 atom stereocenters. The van der Waals surface area contributed by atoms with Crippen molar-refractivity contribution in [3.8, 4) is 0 Å². The summed E-state index contributed by atoms with van der Waals surface area (Å²) >= 11 is 0. The first-order chi connectivity index (χ1) is 10.9. The van der Waals surface area contributed by atoms with Gasteiger partial charge >= 0.3 is 5.97 Å². The minimum Gasteiger partial charge on any atom is -0.476 e. The standard InChI is InChI=1S/C17H21FN2O3/c1-11(2)12(3)20(8-13-6-4-5-7-14(13)18)9-16-19-15(10-23-16)17(21)22/h4-7,10-12H,8-9H2,1-3H3,(H,21,22). The van der Waals surface area contributed by atoms with E-state index in [4.69, 9.17) is 9.52 Å². The number of rotatable bonds is 7. The van der Waals surface area contributed by atoms with Crippen LogP contribution in [0.5, 0.6) is 0 Å². The largest absolute Gasteiger partial charge is 0.476 e. The summed E-state index contributed by atoms with van der Waals surface area (Å²) in [5.74, 6) is -0.730. The van der Waals surface area contributed by atoms with Crippen LogP contribution in [0.4, 0.5) is 4.39 Å². The van der Waals surface area contributed by atoms with Crippen LogP contribution in [0.1, 0.15) is 42.7 Å². The quantitative estimate of drug-likeness (QED) is 0.845. The first kappa shape index (κ1) is 17.1. The fourth-order valence-corrected chi connectivity index (χ4v) is 2.27. The summed E-state index contributed by atoms with van der Waals surface area (Å²) in [5.41, 5.74) is 0.466. The minimum atomic E-state index is -1.13. The molecule has 0 amide bonds. The molecule has 2 aromatic rings. The first-order valence-corrected chi connectivity index (χ1v) is 7.53. The summed E-state index contributed by atoms with van der Waals surface area (Å²) < 4.78 is 19.1. The average Bonchev–Trinajstić information content (AvgIpc) is 2.96. The number of oxazole rings is 1. The van der Waals surface area contributed by atoms with Crippen LogP contribution < -0.4 is 0 Å². The summed E-state index contributed by atoms with van der Waals surface area (Å²) in [4.78, 5) is 16.9. The van der Waals surface area contributed by atoms with Gasteiger partial charge in [0.25, 0.3) is 0 Å². The molecule has 0 bridgehead atoms. The molecule has 0 aliphatic carbocycles. The number of nitrogens with zero attached hydrogens (tertiary/aromatic N) is 2. The van der Waals surface area contributed by atoms with E-state index in [9.17, 15) is 9.18 Å². The van der Waals surface area contributed by atoms with Crippen molar-refractivity contribution in [2.45, 2.75) is 39.9 Å². The average molecular weight is 320 g/mol. The molecule has 0 aliphatic rings. The maximum Gasteiger partial charge on any atom is 0.357 e. The van der Waals surface area contributed by atoms with Gasteiger partial charge in [0.05, 0.1) is 6.54 Å². The van der Waals surface area contributed by atoms with E-state index in [-0.39, 0.29) is 17.6 Å². The molecule has 124 valence electrons. The number of benzene rings is 1. The third-order valence-corrected chi connectivity index (χ3v) is 3.98. The summed E-state index contributed by atoms with van der Waals surface area (Å²) in [6, 6.07) is 6.77. The molecule has 1 unspecified atom stereocenters. The molecule has 23 heavy (non-hydrogen) atoms. The fourth-order valence-electron chi connectivity index (χ4n) is 2.27. The highest BCUT2D eigenvalue weighted by Crippen LogP contribution is 2.19. The third kappa shape index (κ3) is 4.39. The minimum absolute atomic E-state index is 0.122. The van der Waals surface area contributed by atoms with Crippen molar-refractivity contribution in [3.63, 3.8) is 0 Å². The van der Waals surface area contributed by atoms with Crippen LogP contribution in [0.25, 0.3) is 0 Å². The van der Waals surface area contributed by atoms with Crippen LogP contribution in [0.2, 0.25) is 0 Å². The molecule has 0 fully saturated rings. The molecule has 2 rings (SSSR count). The Morgan fingerprint density at radius 2 is 2.00 bits per heavy atom. The van der Waals surface area contributed by atoms with Crippen LogP contribution in [-0.2, 0) is 13.1 Å². The monoisotopic (exact) mass is 320 g/mol. The smallest absolute Gasteiger partial charge is 0.357 e. The van der Waals surface area contributed by atoms with Gasteiger partial charge in [-0.25, -0.2) is 14.2 Å². The lowest BCUT2D eigenvalue weighted by Gasteiger charge is -2.30. The van der Waals surface area contributed by atoms with E-state index in [0.29, 0.717) is 30.5 Å². The number of hydrogen-bond donors (Lipinski definition) is 1. The maximum atomic E-state index is 13.9. The van der Waals surface area contributed by atoms with Gasteiger partial charge in [-0.1, -0.05) is 32.0 Å². The Morgan fingerprint density at radius 1 is 1.30 bits per heavy atom. The van der Waals surface area contributed by atoms with Gasteiger partial charge in [0.1, 0.15) is 12.1 Å². The molecular formula is C17H21FN2O3. The van der Waals surface area contributed by atoms with E-state index < -0.39 is 5.97 Å². The summed E-state index contributed by atoms with van der Waals surface area (Å²) in [7, 11) is 0. The summed E-state index contributed by atoms with van der Waals surface area (Å²) in [6.07, 6.45) is 1.12. The van der Waals surface area contributed by atoms with Crippen LogP contribution in [-0.4, -0.2) is 27.0 Å². The van der Waals surface area contributed by atoms with Gasteiger partial charge in [-0.05, 0) is 18.9 Å². The van der Waals surface area contributed by atoms with Gasteiger partial charge in [0, 0.05) is 18.2 Å². The SMILES string of the molecule is CC(C)C(C)N(Cc1nc(C(=O)O)co1)Cc1ccccc1F. The second-order valence-electron chi connectivity index (χ2n) is 5.91. The van der Waals surface area contributed by atoms with Gasteiger partial charge in [0.2, 0.25) is 5.89 Å². The molecule has 5 nitrogen and oxygen atoms in total. The number of hydrogen-bond acceptors (Lipinski definition) is 4. The van der Waals surface area contributed by atoms with Crippen LogP contribution in [0.3, 0.4) is 0 Å². The molecule has 0 radical (unpaired) electrons. The predicted molar refractivity (Wildman–Crippen MR) is 83.4 cm³/mol. The van der Waals surface area contributed by atoms with Gasteiger partial charge < -0.3 is 9.52 Å². The summed E-state index contributed by atoms with van der Waals surface area (Å²) in [5, 5.41) is 8.92. The second kappa shape index (κ2) is 7.37. The van der Waals surface area contributed by atoms with Crippen molar-refractivity contribution in [2.75, 3.05) is 0 Å². The lowest BCUT2D eigenvalue weighted by Crippen LogP contribution is -2.36. The molecule has 0 spiro atoms. The van der Waals surface area contributed by atoms with Crippen LogP contribution in [0, 0.1) is 11.7 Å². The highest BCUT2D eigenvalue weighted by Gasteiger charge is 2.21. The summed E-state index contributed by atoms with van der Waals surface area (Å²) in [6.45, 7) is 6.93. The van der Waals surface area contributed by atoms with Crippen LogP contribution in [0.15, 0.2) is 34.9 Å². The molecule has 0 saturated heterocycles. The highest BCUT2D eigenvalue weighted by molar-refractivity contribution is 5.84. The van der Waals surface area contributed by atoms with E-state index in [1.54, 1.807) is 18.2 Å². The molecular weight excluding hydrogens is 299 g/mol. The number of carboxylic acids is 1. The Bertz CT molecular complexity index is 669. The van der Waals surface area contributed by atoms with Crippen molar-refractivity contribution < 1.29 is 18.7 Å². The van der Waals surface area contributed by atoms with E-state index in [1.807, 2.05) is 11.8 Å². The number of carboxylic acid groups (broad SMARTS) is 1. The second-order valence-corrected chi connectivity index (χ2v) is 5.91. The third-order valence-electron chi connectivity index (χ3n) is 3.98. The Hall–Kier alpha value is -2.21. The highest BCUT2D eigenvalue weighted by atomic mass is 19.1. The number of aromatic nitrogens is 1. The molecule has 1 heterocycles. The Labute approximate surface area is 134 Å². The number of halogens is 1. The molecule has 1 aromatic carbocycles. The lowest BCUT2D eigenvalue weighted by molar-refractivity contribution is 0.0690.